The summed E-state index contributed by atoms with van der Waals surface area (Å²) >= 11 is 0. The monoisotopic (exact) mass is 118 g/mol. The van der Waals surface area contributed by atoms with Gasteiger partial charge < -0.3 is 0 Å². The molecule has 0 unspecified atom stereocenters. The molecule has 0 bridgehead atoms. The molecule has 0 rings (SSSR count). The van der Waals surface area contributed by atoms with Crippen molar-refractivity contribution >= 4 is 0 Å². The van der Waals surface area contributed by atoms with Gasteiger partial charge in [-0.15, -0.1) is 12.5 Å². The van der Waals surface area contributed by atoms with E-state index in [-0.39, 0.29) is 0 Å². The molecule has 0 saturated carbocycles. The van der Waals surface area contributed by atoms with Crippen LogP contribution in [0, 0.1) is 23.7 Å². The van der Waals surface area contributed by atoms with Crippen molar-refractivity contribution in [3.63, 3.8) is 0 Å². The Balaban J connectivity index is 3.33. The molecule has 9 heavy (non-hydrogen) atoms. The Morgan fingerprint density at radius 2 is 2.11 bits per heavy atom. The zero-order valence-corrected chi connectivity index (χ0v) is 5.70. The van der Waals surface area contributed by atoms with E-state index >= 15 is 0 Å². The average molecular weight is 118 g/mol. The Morgan fingerprint density at radius 1 is 1.33 bits per heavy atom. The van der Waals surface area contributed by atoms with Gasteiger partial charge in [0.25, 0.3) is 0 Å². The second-order valence-corrected chi connectivity index (χ2v) is 1.45. The summed E-state index contributed by atoms with van der Waals surface area (Å²) in [5.41, 5.74) is 0. The summed E-state index contributed by atoms with van der Waals surface area (Å²) in [5, 5.41) is 0. The maximum absolute atomic E-state index is 3.54. The summed E-state index contributed by atoms with van der Waals surface area (Å²) in [6, 6.07) is 0. The molecule has 0 aliphatic rings. The van der Waals surface area contributed by atoms with Crippen LogP contribution in [-0.4, -0.2) is 0 Å². The van der Waals surface area contributed by atoms with Gasteiger partial charge in [0, 0.05) is 6.42 Å². The first-order valence-electron chi connectivity index (χ1n) is 2.88. The van der Waals surface area contributed by atoms with Gasteiger partial charge in [-0.05, 0) is 6.92 Å². The number of allylic oxidation sites excluding steroid dienone is 1. The van der Waals surface area contributed by atoms with E-state index in [1.165, 1.54) is 0 Å². The van der Waals surface area contributed by atoms with Gasteiger partial charge in [-0.1, -0.05) is 23.8 Å². The van der Waals surface area contributed by atoms with E-state index in [0.29, 0.717) is 6.42 Å². The molecule has 0 atom stereocenters. The summed E-state index contributed by atoms with van der Waals surface area (Å²) in [6.45, 7) is 5.35. The summed E-state index contributed by atoms with van der Waals surface area (Å²) in [7, 11) is 0. The van der Waals surface area contributed by atoms with Crippen molar-refractivity contribution in [3.05, 3.63) is 12.7 Å². The van der Waals surface area contributed by atoms with Gasteiger partial charge in [0.1, 0.15) is 0 Å². The summed E-state index contributed by atoms with van der Waals surface area (Å²) in [4.78, 5) is 0. The molecule has 0 aromatic heterocycles. The van der Waals surface area contributed by atoms with Crippen molar-refractivity contribution in [2.75, 3.05) is 0 Å². The molecule has 0 spiro atoms. The van der Waals surface area contributed by atoms with Gasteiger partial charge >= 0.3 is 0 Å². The van der Waals surface area contributed by atoms with E-state index in [0.717, 1.165) is 6.42 Å². The summed E-state index contributed by atoms with van der Waals surface area (Å²) in [5.74, 6) is 11.4. The fourth-order valence-electron chi connectivity index (χ4n) is 0.339. The van der Waals surface area contributed by atoms with Gasteiger partial charge in [-0.3, -0.25) is 0 Å². The molecule has 0 fully saturated rings. The first kappa shape index (κ1) is 7.86. The maximum Gasteiger partial charge on any atom is 0.0702 e. The number of hydrogen-bond acceptors (Lipinski definition) is 0. The Labute approximate surface area is 57.0 Å². The highest BCUT2D eigenvalue weighted by atomic mass is 13.7. The van der Waals surface area contributed by atoms with Crippen LogP contribution in [0.4, 0.5) is 0 Å². The lowest BCUT2D eigenvalue weighted by Crippen LogP contribution is -1.59. The van der Waals surface area contributed by atoms with E-state index in [2.05, 4.69) is 30.3 Å². The highest BCUT2D eigenvalue weighted by Gasteiger charge is 1.63. The minimum Gasteiger partial charge on any atom is -0.106 e. The molecule has 0 amide bonds. The molecule has 0 N–H and O–H groups in total. The van der Waals surface area contributed by atoms with E-state index in [9.17, 15) is 0 Å². The first-order chi connectivity index (χ1) is 4.41. The quantitative estimate of drug-likeness (QED) is 0.365. The maximum atomic E-state index is 3.54. The molecule has 0 aliphatic carbocycles. The molecule has 0 radical (unpaired) electrons. The van der Waals surface area contributed by atoms with Crippen molar-refractivity contribution in [2.45, 2.75) is 19.8 Å². The molecule has 0 aliphatic heterocycles. The Bertz CT molecular complexity index is 178. The number of hydrogen-bond donors (Lipinski definition) is 0. The minimum atomic E-state index is 0.685. The molecule has 0 heteroatoms. The van der Waals surface area contributed by atoms with Crippen LogP contribution >= 0.6 is 0 Å². The Hall–Kier alpha value is -1.14. The van der Waals surface area contributed by atoms with Crippen LogP contribution in [-0.2, 0) is 0 Å². The second-order valence-electron chi connectivity index (χ2n) is 1.45. The van der Waals surface area contributed by atoms with Crippen LogP contribution in [0.25, 0.3) is 0 Å². The lowest BCUT2D eigenvalue weighted by atomic mass is 10.4. The summed E-state index contributed by atoms with van der Waals surface area (Å²) < 4.78 is 0. The van der Waals surface area contributed by atoms with E-state index in [1.54, 1.807) is 6.08 Å². The largest absolute Gasteiger partial charge is 0.106 e. The third kappa shape index (κ3) is 6.86. The van der Waals surface area contributed by atoms with Crippen molar-refractivity contribution < 1.29 is 0 Å². The van der Waals surface area contributed by atoms with Crippen molar-refractivity contribution in [2.24, 2.45) is 0 Å². The van der Waals surface area contributed by atoms with Gasteiger partial charge in [0.2, 0.25) is 0 Å². The van der Waals surface area contributed by atoms with Crippen LogP contribution in [0.5, 0.6) is 0 Å². The van der Waals surface area contributed by atoms with Crippen LogP contribution in [0.1, 0.15) is 19.8 Å². The molecular formula is C9H10. The molecule has 0 nitrogen and oxygen atoms in total. The van der Waals surface area contributed by atoms with E-state index in [1.807, 2.05) is 6.92 Å². The van der Waals surface area contributed by atoms with Gasteiger partial charge in [0.05, 0.1) is 6.42 Å². The lowest BCUT2D eigenvalue weighted by molar-refractivity contribution is 1.45. The Kier molecular flexibility index (Phi) is 5.99. The van der Waals surface area contributed by atoms with Gasteiger partial charge in [0.15, 0.2) is 0 Å². The molecular weight excluding hydrogens is 108 g/mol. The zero-order valence-electron chi connectivity index (χ0n) is 5.70. The van der Waals surface area contributed by atoms with Crippen molar-refractivity contribution in [3.8, 4) is 23.7 Å². The SMILES string of the molecule is C=CCC#CCC#CC. The predicted molar refractivity (Wildman–Crippen MR) is 40.7 cm³/mol. The first-order valence-corrected chi connectivity index (χ1v) is 2.88. The minimum absolute atomic E-state index is 0.685. The molecule has 0 aromatic rings. The van der Waals surface area contributed by atoms with E-state index < -0.39 is 0 Å². The Morgan fingerprint density at radius 3 is 2.67 bits per heavy atom. The molecule has 0 heterocycles. The van der Waals surface area contributed by atoms with Crippen molar-refractivity contribution in [1.82, 2.24) is 0 Å². The standard InChI is InChI=1S/C9H10/c1-3-5-7-9-8-6-4-2/h3H,1,5,8H2,2H3. The molecule has 0 aromatic carbocycles. The second kappa shape index (κ2) is 6.86. The predicted octanol–water partition coefficient (Wildman–Crippen LogP) is 1.98. The van der Waals surface area contributed by atoms with Gasteiger partial charge in [-0.25, -0.2) is 0 Å². The van der Waals surface area contributed by atoms with Crippen LogP contribution in [0.3, 0.4) is 0 Å². The normalized spacial score (nSPS) is 5.89. The highest BCUT2D eigenvalue weighted by molar-refractivity contribution is 5.11. The third-order valence-electron chi connectivity index (χ3n) is 0.725. The van der Waals surface area contributed by atoms with Crippen LogP contribution < -0.4 is 0 Å². The average Bonchev–Trinajstić information content (AvgIpc) is 1.89. The van der Waals surface area contributed by atoms with Gasteiger partial charge in [-0.2, -0.15) is 0 Å². The number of rotatable bonds is 1. The topological polar surface area (TPSA) is 0 Å². The van der Waals surface area contributed by atoms with E-state index in [4.69, 9.17) is 0 Å². The highest BCUT2D eigenvalue weighted by Crippen LogP contribution is 1.75. The molecule has 0 saturated heterocycles. The smallest absolute Gasteiger partial charge is 0.0702 e. The fourth-order valence-corrected chi connectivity index (χ4v) is 0.339. The lowest BCUT2D eigenvalue weighted by Gasteiger charge is -1.70. The third-order valence-corrected chi connectivity index (χ3v) is 0.725. The zero-order chi connectivity index (χ0) is 6.95. The van der Waals surface area contributed by atoms with Crippen LogP contribution in [0.15, 0.2) is 12.7 Å². The molecule has 46 valence electrons. The van der Waals surface area contributed by atoms with Crippen molar-refractivity contribution in [1.29, 1.82) is 0 Å². The fraction of sp³-hybridized carbons (Fsp3) is 0.333. The summed E-state index contributed by atoms with van der Waals surface area (Å²) in [6.07, 6.45) is 3.24. The van der Waals surface area contributed by atoms with Crippen LogP contribution in [0.2, 0.25) is 0 Å².